The standard InChI is InChI=1S/C24H16Cl2F10N2O2/c25-13-5-12(6-14(26)8-13)16(23(31,32)33)9-18(27)11-1-2-15(17(7-11)24(34,35)36)19(39)38-21(3-4-21)20(40)37-10-22(28,29)30/h1-2,5-9,16H,3-4,10H2,(H,37,40)(H,38,39)/b18-9-. The summed E-state index contributed by atoms with van der Waals surface area (Å²) < 4.78 is 135. The predicted molar refractivity (Wildman–Crippen MR) is 124 cm³/mol. The number of rotatable bonds is 7. The summed E-state index contributed by atoms with van der Waals surface area (Å²) in [6.45, 7) is -1.74. The van der Waals surface area contributed by atoms with Crippen LogP contribution in [0.1, 0.15) is 45.8 Å². The molecule has 4 nitrogen and oxygen atoms in total. The van der Waals surface area contributed by atoms with Gasteiger partial charge in [0.25, 0.3) is 5.91 Å². The number of hydrogen-bond donors (Lipinski definition) is 2. The van der Waals surface area contributed by atoms with E-state index in [0.29, 0.717) is 12.1 Å². The van der Waals surface area contributed by atoms with Crippen LogP contribution in [0.15, 0.2) is 42.5 Å². The Morgan fingerprint density at radius 2 is 1.50 bits per heavy atom. The maximum absolute atomic E-state index is 15.0. The summed E-state index contributed by atoms with van der Waals surface area (Å²) >= 11 is 11.4. The molecule has 0 spiro atoms. The average Bonchev–Trinajstić information content (AvgIpc) is 3.58. The molecular formula is C24H16Cl2F10N2O2. The van der Waals surface area contributed by atoms with Crippen molar-refractivity contribution >= 4 is 40.8 Å². The first-order valence-corrected chi connectivity index (χ1v) is 11.8. The van der Waals surface area contributed by atoms with Crippen LogP contribution in [0.5, 0.6) is 0 Å². The Kier molecular flexibility index (Phi) is 8.76. The molecule has 218 valence electrons. The van der Waals surface area contributed by atoms with Gasteiger partial charge in [0.1, 0.15) is 23.8 Å². The zero-order valence-electron chi connectivity index (χ0n) is 19.6. The van der Waals surface area contributed by atoms with E-state index in [9.17, 15) is 53.5 Å². The summed E-state index contributed by atoms with van der Waals surface area (Å²) in [5.41, 5.74) is -6.33. The molecule has 1 aliphatic carbocycles. The van der Waals surface area contributed by atoms with Gasteiger partial charge < -0.3 is 10.6 Å². The highest BCUT2D eigenvalue weighted by molar-refractivity contribution is 6.34. The first-order chi connectivity index (χ1) is 18.2. The largest absolute Gasteiger partial charge is 0.417 e. The van der Waals surface area contributed by atoms with E-state index in [1.807, 2.05) is 5.32 Å². The second-order valence-electron chi connectivity index (χ2n) is 8.83. The molecule has 3 rings (SSSR count). The minimum absolute atomic E-state index is 0.0153. The molecule has 2 aromatic carbocycles. The van der Waals surface area contributed by atoms with Crippen LogP contribution in [-0.2, 0) is 11.0 Å². The Hall–Kier alpha value is -3.00. The summed E-state index contributed by atoms with van der Waals surface area (Å²) in [7, 11) is 0. The third-order valence-corrected chi connectivity index (χ3v) is 6.18. The smallest absolute Gasteiger partial charge is 0.345 e. The number of carbonyl (C=O) groups excluding carboxylic acids is 2. The van der Waals surface area contributed by atoms with Gasteiger partial charge in [0, 0.05) is 15.6 Å². The maximum atomic E-state index is 15.0. The predicted octanol–water partition coefficient (Wildman–Crippen LogP) is 7.61. The third kappa shape index (κ3) is 7.80. The zero-order chi connectivity index (χ0) is 30.3. The van der Waals surface area contributed by atoms with E-state index in [1.165, 1.54) is 5.32 Å². The first-order valence-electron chi connectivity index (χ1n) is 11.0. The van der Waals surface area contributed by atoms with Crippen molar-refractivity contribution in [1.29, 1.82) is 0 Å². The molecule has 1 aliphatic rings. The van der Waals surface area contributed by atoms with Crippen LogP contribution in [-0.4, -0.2) is 36.3 Å². The van der Waals surface area contributed by atoms with Crippen molar-refractivity contribution < 1.29 is 53.5 Å². The van der Waals surface area contributed by atoms with Crippen molar-refractivity contribution in [2.45, 2.75) is 42.8 Å². The lowest BCUT2D eigenvalue weighted by molar-refractivity contribution is -0.140. The molecule has 2 aromatic rings. The molecule has 40 heavy (non-hydrogen) atoms. The molecule has 1 saturated carbocycles. The molecule has 0 heterocycles. The van der Waals surface area contributed by atoms with Gasteiger partial charge in [-0.1, -0.05) is 29.3 Å². The summed E-state index contributed by atoms with van der Waals surface area (Å²) in [5.74, 6) is -7.16. The molecular weight excluding hydrogens is 609 g/mol. The first kappa shape index (κ1) is 31.5. The maximum Gasteiger partial charge on any atom is 0.417 e. The minimum atomic E-state index is -5.32. The van der Waals surface area contributed by atoms with Gasteiger partial charge in [-0.3, -0.25) is 9.59 Å². The number of alkyl halides is 9. The van der Waals surface area contributed by atoms with Crippen LogP contribution >= 0.6 is 23.2 Å². The highest BCUT2D eigenvalue weighted by Gasteiger charge is 2.52. The number of hydrogen-bond acceptors (Lipinski definition) is 2. The highest BCUT2D eigenvalue weighted by atomic mass is 35.5. The molecule has 0 aromatic heterocycles. The van der Waals surface area contributed by atoms with E-state index in [1.54, 1.807) is 0 Å². The van der Waals surface area contributed by atoms with Gasteiger partial charge in [-0.2, -0.15) is 39.5 Å². The van der Waals surface area contributed by atoms with E-state index in [0.717, 1.165) is 18.2 Å². The van der Waals surface area contributed by atoms with Crippen molar-refractivity contribution in [2.75, 3.05) is 6.54 Å². The van der Waals surface area contributed by atoms with Gasteiger partial charge in [0.2, 0.25) is 5.91 Å². The van der Waals surface area contributed by atoms with Crippen LogP contribution in [0.25, 0.3) is 5.83 Å². The Morgan fingerprint density at radius 3 is 1.98 bits per heavy atom. The molecule has 2 amide bonds. The number of carbonyl (C=O) groups is 2. The third-order valence-electron chi connectivity index (χ3n) is 5.74. The molecule has 16 heteroatoms. The molecule has 1 fully saturated rings. The SMILES string of the molecule is O=C(NC1(C(=O)NCC(F)(F)F)CC1)c1ccc(/C(F)=C/C(c2cc(Cl)cc(Cl)c2)C(F)(F)F)cc1C(F)(F)F. The molecule has 2 N–H and O–H groups in total. The summed E-state index contributed by atoms with van der Waals surface area (Å²) in [5, 5.41) is 3.08. The molecule has 0 bridgehead atoms. The summed E-state index contributed by atoms with van der Waals surface area (Å²) in [6, 6.07) is 4.00. The van der Waals surface area contributed by atoms with Gasteiger partial charge in [0.05, 0.1) is 11.1 Å². The van der Waals surface area contributed by atoms with Crippen molar-refractivity contribution in [3.8, 4) is 0 Å². The molecule has 1 atom stereocenters. The Balaban J connectivity index is 1.94. The van der Waals surface area contributed by atoms with Crippen molar-refractivity contribution in [2.24, 2.45) is 0 Å². The zero-order valence-corrected chi connectivity index (χ0v) is 21.1. The van der Waals surface area contributed by atoms with Crippen LogP contribution in [0.3, 0.4) is 0 Å². The number of allylic oxidation sites excluding steroid dienone is 1. The van der Waals surface area contributed by atoms with E-state index in [2.05, 4.69) is 0 Å². The van der Waals surface area contributed by atoms with E-state index < -0.39 is 76.4 Å². The fourth-order valence-electron chi connectivity index (χ4n) is 3.67. The topological polar surface area (TPSA) is 58.2 Å². The Morgan fingerprint density at radius 1 is 0.925 bits per heavy atom. The lowest BCUT2D eigenvalue weighted by Gasteiger charge is -2.20. The molecule has 0 radical (unpaired) electrons. The van der Waals surface area contributed by atoms with Gasteiger partial charge in [-0.15, -0.1) is 0 Å². The summed E-state index contributed by atoms with van der Waals surface area (Å²) in [6.07, 6.45) is -15.5. The molecule has 1 unspecified atom stereocenters. The Bertz CT molecular complexity index is 1310. The highest BCUT2D eigenvalue weighted by Crippen LogP contribution is 2.42. The number of amides is 2. The van der Waals surface area contributed by atoms with Crippen LogP contribution < -0.4 is 10.6 Å². The fraction of sp³-hybridized carbons (Fsp3) is 0.333. The van der Waals surface area contributed by atoms with Crippen molar-refractivity contribution in [3.63, 3.8) is 0 Å². The normalized spacial score (nSPS) is 16.4. The summed E-state index contributed by atoms with van der Waals surface area (Å²) in [4.78, 5) is 24.7. The van der Waals surface area contributed by atoms with Gasteiger partial charge in [0.15, 0.2) is 0 Å². The van der Waals surface area contributed by atoms with Gasteiger partial charge >= 0.3 is 18.5 Å². The van der Waals surface area contributed by atoms with Crippen LogP contribution in [0.2, 0.25) is 10.0 Å². The lowest BCUT2D eigenvalue weighted by atomic mass is 9.95. The van der Waals surface area contributed by atoms with Gasteiger partial charge in [-0.05, 0) is 54.8 Å². The van der Waals surface area contributed by atoms with Crippen LogP contribution in [0, 0.1) is 0 Å². The quantitative estimate of drug-likeness (QED) is 0.312. The fourth-order valence-corrected chi connectivity index (χ4v) is 4.21. The molecule has 0 aliphatic heterocycles. The number of halogens is 12. The lowest BCUT2D eigenvalue weighted by Crippen LogP contribution is -2.51. The van der Waals surface area contributed by atoms with E-state index in [4.69, 9.17) is 23.2 Å². The number of benzene rings is 2. The second-order valence-corrected chi connectivity index (χ2v) is 9.70. The number of nitrogens with one attached hydrogen (secondary N) is 2. The van der Waals surface area contributed by atoms with Crippen LogP contribution in [0.4, 0.5) is 43.9 Å². The van der Waals surface area contributed by atoms with Gasteiger partial charge in [-0.25, -0.2) is 4.39 Å². The van der Waals surface area contributed by atoms with E-state index >= 15 is 0 Å². The van der Waals surface area contributed by atoms with E-state index in [-0.39, 0.29) is 35.0 Å². The monoisotopic (exact) mass is 624 g/mol. The second kappa shape index (κ2) is 11.1. The minimum Gasteiger partial charge on any atom is -0.345 e. The molecule has 0 saturated heterocycles. The van der Waals surface area contributed by atoms with Crippen molar-refractivity contribution in [1.82, 2.24) is 10.6 Å². The van der Waals surface area contributed by atoms with Crippen molar-refractivity contribution in [3.05, 3.63) is 74.8 Å². The average molecular weight is 625 g/mol. The Labute approximate surface area is 229 Å².